The lowest BCUT2D eigenvalue weighted by Crippen LogP contribution is -2.21. The normalized spacial score (nSPS) is 12.1. The van der Waals surface area contributed by atoms with Gasteiger partial charge in [-0.25, -0.2) is 0 Å². The van der Waals surface area contributed by atoms with E-state index in [1.165, 1.54) is 134 Å². The molecule has 0 aromatic heterocycles. The Labute approximate surface area is 236 Å². The second-order valence-electron chi connectivity index (χ2n) is 11.1. The van der Waals surface area contributed by atoms with Crippen LogP contribution >= 0.6 is 0 Å². The highest BCUT2D eigenvalue weighted by Gasteiger charge is 2.22. The van der Waals surface area contributed by atoms with E-state index in [4.69, 9.17) is 9.84 Å². The first kappa shape index (κ1) is 36.4. The van der Waals surface area contributed by atoms with Crippen LogP contribution in [0.2, 0.25) is 0 Å². The minimum atomic E-state index is -0.943. The first-order valence-corrected chi connectivity index (χ1v) is 16.3. The fourth-order valence-electron chi connectivity index (χ4n) is 5.00. The van der Waals surface area contributed by atoms with Gasteiger partial charge in [-0.15, -0.1) is 0 Å². The van der Waals surface area contributed by atoms with Crippen molar-refractivity contribution in [2.75, 3.05) is 6.61 Å². The maximum atomic E-state index is 12.0. The number of carbonyl (C=O) groups is 2. The van der Waals surface area contributed by atoms with Crippen LogP contribution in [0.5, 0.6) is 0 Å². The van der Waals surface area contributed by atoms with Crippen molar-refractivity contribution in [3.05, 3.63) is 24.8 Å². The molecule has 0 aliphatic heterocycles. The molecule has 0 spiro atoms. The van der Waals surface area contributed by atoms with Crippen LogP contribution in [0.4, 0.5) is 0 Å². The van der Waals surface area contributed by atoms with E-state index in [1.807, 2.05) is 0 Å². The second kappa shape index (κ2) is 30.0. The summed E-state index contributed by atoms with van der Waals surface area (Å²) in [6, 6.07) is 0. The highest BCUT2D eigenvalue weighted by atomic mass is 16.5. The van der Waals surface area contributed by atoms with E-state index in [0.29, 0.717) is 6.42 Å². The molecule has 0 heterocycles. The summed E-state index contributed by atoms with van der Waals surface area (Å²) in [5, 5.41) is 9.02. The smallest absolute Gasteiger partial charge is 0.309 e. The van der Waals surface area contributed by atoms with Crippen molar-refractivity contribution in [1.82, 2.24) is 0 Å². The van der Waals surface area contributed by atoms with Gasteiger partial charge >= 0.3 is 11.9 Å². The summed E-state index contributed by atoms with van der Waals surface area (Å²) in [5.74, 6) is -1.89. The molecule has 0 aliphatic carbocycles. The van der Waals surface area contributed by atoms with Gasteiger partial charge in [0.05, 0.1) is 12.3 Å². The largest absolute Gasteiger partial charge is 0.481 e. The van der Waals surface area contributed by atoms with Crippen molar-refractivity contribution in [2.24, 2.45) is 5.92 Å². The highest BCUT2D eigenvalue weighted by molar-refractivity contribution is 5.79. The SMILES string of the molecule is C=CCOC(=O)C(CCCCCCCCCCCC/C=C/CCCCCCCCCCCCC)CC(=O)O. The molecule has 0 radical (unpaired) electrons. The number of rotatable bonds is 30. The number of aliphatic carboxylic acids is 1. The van der Waals surface area contributed by atoms with Gasteiger partial charge in [0.1, 0.15) is 6.61 Å². The van der Waals surface area contributed by atoms with Gasteiger partial charge in [-0.05, 0) is 32.1 Å². The summed E-state index contributed by atoms with van der Waals surface area (Å²) in [6.07, 6.45) is 37.1. The molecule has 0 bridgehead atoms. The standard InChI is InChI=1S/C34H62O4/c1-3-5-6-7-8-9-10-11-12-13-14-15-16-17-18-19-20-21-22-23-24-25-26-27-28-29-32(31-33(35)36)34(37)38-30-4-2/h4,16-17,32H,2-3,5-15,18-31H2,1H3,(H,35,36)/b17-16+. The van der Waals surface area contributed by atoms with E-state index in [0.717, 1.165) is 19.3 Å². The van der Waals surface area contributed by atoms with Gasteiger partial charge in [-0.3, -0.25) is 9.59 Å². The fraction of sp³-hybridized carbons (Fsp3) is 0.824. The quantitative estimate of drug-likeness (QED) is 0.0565. The van der Waals surface area contributed by atoms with Gasteiger partial charge in [-0.1, -0.05) is 154 Å². The highest BCUT2D eigenvalue weighted by Crippen LogP contribution is 2.18. The molecule has 38 heavy (non-hydrogen) atoms. The van der Waals surface area contributed by atoms with Gasteiger partial charge in [0, 0.05) is 0 Å². The molecule has 1 atom stereocenters. The number of hydrogen-bond donors (Lipinski definition) is 1. The van der Waals surface area contributed by atoms with Gasteiger partial charge in [0.15, 0.2) is 0 Å². The predicted molar refractivity (Wildman–Crippen MR) is 163 cm³/mol. The second-order valence-corrected chi connectivity index (χ2v) is 11.1. The lowest BCUT2D eigenvalue weighted by Gasteiger charge is -2.13. The molecule has 0 aromatic rings. The number of carboxylic acids is 1. The molecule has 222 valence electrons. The average Bonchev–Trinajstić information content (AvgIpc) is 2.90. The molecule has 0 rings (SSSR count). The van der Waals surface area contributed by atoms with E-state index in [1.54, 1.807) is 0 Å². The first-order valence-electron chi connectivity index (χ1n) is 16.3. The van der Waals surface area contributed by atoms with Crippen LogP contribution in [-0.4, -0.2) is 23.7 Å². The third-order valence-electron chi connectivity index (χ3n) is 7.41. The Hall–Kier alpha value is -1.58. The molecule has 0 aromatic carbocycles. The van der Waals surface area contributed by atoms with Gasteiger partial charge < -0.3 is 9.84 Å². The van der Waals surface area contributed by atoms with Crippen LogP contribution < -0.4 is 0 Å². The minimum absolute atomic E-state index is 0.144. The molecule has 0 saturated carbocycles. The molecule has 4 heteroatoms. The number of ether oxygens (including phenoxy) is 1. The minimum Gasteiger partial charge on any atom is -0.481 e. The topological polar surface area (TPSA) is 63.6 Å². The number of carboxylic acid groups (broad SMARTS) is 1. The van der Waals surface area contributed by atoms with Crippen molar-refractivity contribution in [2.45, 2.75) is 167 Å². The van der Waals surface area contributed by atoms with Gasteiger partial charge in [0.25, 0.3) is 0 Å². The summed E-state index contributed by atoms with van der Waals surface area (Å²) in [4.78, 5) is 23.0. The molecule has 1 N–H and O–H groups in total. The molecule has 0 aliphatic rings. The molecule has 0 fully saturated rings. The van der Waals surface area contributed by atoms with E-state index in [-0.39, 0.29) is 13.0 Å². The lowest BCUT2D eigenvalue weighted by atomic mass is 9.97. The third-order valence-corrected chi connectivity index (χ3v) is 7.41. The summed E-state index contributed by atoms with van der Waals surface area (Å²) in [7, 11) is 0. The van der Waals surface area contributed by atoms with Crippen LogP contribution in [0.15, 0.2) is 24.8 Å². The van der Waals surface area contributed by atoms with Crippen LogP contribution in [0, 0.1) is 5.92 Å². The Morgan fingerprint density at radius 3 is 1.45 bits per heavy atom. The van der Waals surface area contributed by atoms with Crippen LogP contribution in [0.3, 0.4) is 0 Å². The van der Waals surface area contributed by atoms with Gasteiger partial charge in [0.2, 0.25) is 0 Å². The van der Waals surface area contributed by atoms with Crippen LogP contribution in [-0.2, 0) is 14.3 Å². The monoisotopic (exact) mass is 534 g/mol. The summed E-state index contributed by atoms with van der Waals surface area (Å²) in [5.41, 5.74) is 0. The number of allylic oxidation sites excluding steroid dienone is 2. The average molecular weight is 535 g/mol. The van der Waals surface area contributed by atoms with E-state index in [9.17, 15) is 9.59 Å². The number of hydrogen-bond acceptors (Lipinski definition) is 3. The zero-order valence-corrected chi connectivity index (χ0v) is 25.1. The van der Waals surface area contributed by atoms with Crippen molar-refractivity contribution >= 4 is 11.9 Å². The lowest BCUT2D eigenvalue weighted by molar-refractivity contribution is -0.152. The molecular formula is C34H62O4. The van der Waals surface area contributed by atoms with Crippen molar-refractivity contribution in [3.8, 4) is 0 Å². The van der Waals surface area contributed by atoms with E-state index < -0.39 is 17.9 Å². The molecular weight excluding hydrogens is 472 g/mol. The first-order chi connectivity index (χ1) is 18.6. The molecule has 0 amide bonds. The van der Waals surface area contributed by atoms with Crippen molar-refractivity contribution in [3.63, 3.8) is 0 Å². The summed E-state index contributed by atoms with van der Waals surface area (Å²) >= 11 is 0. The molecule has 1 unspecified atom stereocenters. The fourth-order valence-corrected chi connectivity index (χ4v) is 5.00. The Kier molecular flexibility index (Phi) is 28.7. The Bertz CT molecular complexity index is 569. The van der Waals surface area contributed by atoms with Crippen LogP contribution in [0.25, 0.3) is 0 Å². The van der Waals surface area contributed by atoms with E-state index >= 15 is 0 Å². The Morgan fingerprint density at radius 2 is 1.05 bits per heavy atom. The summed E-state index contributed by atoms with van der Waals surface area (Å²) in [6.45, 7) is 5.95. The van der Waals surface area contributed by atoms with Crippen LogP contribution in [0.1, 0.15) is 167 Å². The number of carbonyl (C=O) groups excluding carboxylic acids is 1. The zero-order valence-electron chi connectivity index (χ0n) is 25.1. The molecule has 4 nitrogen and oxygen atoms in total. The van der Waals surface area contributed by atoms with Crippen molar-refractivity contribution in [1.29, 1.82) is 0 Å². The van der Waals surface area contributed by atoms with Gasteiger partial charge in [-0.2, -0.15) is 0 Å². The number of unbranched alkanes of at least 4 members (excludes halogenated alkanes) is 21. The van der Waals surface area contributed by atoms with Crippen molar-refractivity contribution < 1.29 is 19.4 Å². The molecule has 0 saturated heterocycles. The number of esters is 1. The Morgan fingerprint density at radius 1 is 0.658 bits per heavy atom. The predicted octanol–water partition coefficient (Wildman–Crippen LogP) is 10.7. The summed E-state index contributed by atoms with van der Waals surface area (Å²) < 4.78 is 5.04. The Balaban J connectivity index is 3.38. The van der Waals surface area contributed by atoms with E-state index in [2.05, 4.69) is 25.7 Å². The third kappa shape index (κ3) is 27.5. The maximum absolute atomic E-state index is 12.0. The maximum Gasteiger partial charge on any atom is 0.309 e. The zero-order chi connectivity index (χ0) is 27.9.